The standard InChI is InChI=1S/C13H15Cl2N3/c1-18(2)13-5-8(3-4-16)17-12-7-11(15)10(14)6-9(12)13/h5-7H,3-4,16H2,1-2H3. The van der Waals surface area contributed by atoms with E-state index >= 15 is 0 Å². The number of nitrogens with zero attached hydrogens (tertiary/aromatic N) is 2. The van der Waals surface area contributed by atoms with Crippen molar-refractivity contribution in [3.63, 3.8) is 0 Å². The van der Waals surface area contributed by atoms with Crippen molar-refractivity contribution in [2.45, 2.75) is 6.42 Å². The molecule has 0 fully saturated rings. The summed E-state index contributed by atoms with van der Waals surface area (Å²) in [5.74, 6) is 0. The first kappa shape index (κ1) is 13.4. The quantitative estimate of drug-likeness (QED) is 0.941. The van der Waals surface area contributed by atoms with Gasteiger partial charge in [-0.2, -0.15) is 0 Å². The number of anilines is 1. The fraction of sp³-hybridized carbons (Fsp3) is 0.308. The number of fused-ring (bicyclic) bond motifs is 1. The van der Waals surface area contributed by atoms with Crippen LogP contribution in [0.15, 0.2) is 18.2 Å². The molecule has 0 spiro atoms. The Balaban J connectivity index is 2.72. The molecule has 96 valence electrons. The van der Waals surface area contributed by atoms with Gasteiger partial charge in [-0.15, -0.1) is 0 Å². The van der Waals surface area contributed by atoms with Crippen LogP contribution >= 0.6 is 23.2 Å². The summed E-state index contributed by atoms with van der Waals surface area (Å²) in [6.07, 6.45) is 0.747. The normalized spacial score (nSPS) is 10.9. The van der Waals surface area contributed by atoms with Crippen molar-refractivity contribution in [3.8, 4) is 0 Å². The highest BCUT2D eigenvalue weighted by Gasteiger charge is 2.10. The molecule has 0 unspecified atom stereocenters. The molecule has 3 nitrogen and oxygen atoms in total. The summed E-state index contributed by atoms with van der Waals surface area (Å²) in [7, 11) is 3.98. The summed E-state index contributed by atoms with van der Waals surface area (Å²) in [6.45, 7) is 0.576. The SMILES string of the molecule is CN(C)c1cc(CCN)nc2cc(Cl)c(Cl)cc12. The minimum absolute atomic E-state index is 0.520. The second-order valence-corrected chi connectivity index (χ2v) is 5.16. The Hall–Kier alpha value is -1.03. The van der Waals surface area contributed by atoms with E-state index < -0.39 is 0 Å². The Labute approximate surface area is 116 Å². The van der Waals surface area contributed by atoms with Crippen LogP contribution in [0.2, 0.25) is 10.0 Å². The topological polar surface area (TPSA) is 42.1 Å². The van der Waals surface area contributed by atoms with Crippen LogP contribution in [0, 0.1) is 0 Å². The minimum atomic E-state index is 0.520. The molecule has 18 heavy (non-hydrogen) atoms. The van der Waals surface area contributed by atoms with E-state index in [0.717, 1.165) is 28.7 Å². The van der Waals surface area contributed by atoms with E-state index in [2.05, 4.69) is 4.98 Å². The van der Waals surface area contributed by atoms with Gasteiger partial charge in [-0.05, 0) is 24.7 Å². The molecular weight excluding hydrogens is 269 g/mol. The van der Waals surface area contributed by atoms with Gasteiger partial charge in [0, 0.05) is 37.3 Å². The first-order valence-electron chi connectivity index (χ1n) is 5.69. The van der Waals surface area contributed by atoms with Crippen LogP contribution in [-0.4, -0.2) is 25.6 Å². The van der Waals surface area contributed by atoms with E-state index in [1.54, 1.807) is 6.07 Å². The van der Waals surface area contributed by atoms with Gasteiger partial charge in [-0.1, -0.05) is 23.2 Å². The first-order valence-corrected chi connectivity index (χ1v) is 6.44. The number of hydrogen-bond acceptors (Lipinski definition) is 3. The molecule has 2 N–H and O–H groups in total. The van der Waals surface area contributed by atoms with E-state index in [0.29, 0.717) is 16.6 Å². The molecular formula is C13H15Cl2N3. The highest BCUT2D eigenvalue weighted by molar-refractivity contribution is 6.42. The lowest BCUT2D eigenvalue weighted by molar-refractivity contribution is 0.929. The second-order valence-electron chi connectivity index (χ2n) is 4.35. The van der Waals surface area contributed by atoms with Crippen molar-refractivity contribution in [1.82, 2.24) is 4.98 Å². The predicted molar refractivity (Wildman–Crippen MR) is 78.8 cm³/mol. The van der Waals surface area contributed by atoms with E-state index in [4.69, 9.17) is 28.9 Å². The zero-order valence-electron chi connectivity index (χ0n) is 10.4. The molecule has 0 atom stereocenters. The Kier molecular flexibility index (Phi) is 3.95. The van der Waals surface area contributed by atoms with Crippen molar-refractivity contribution in [2.24, 2.45) is 5.73 Å². The summed E-state index contributed by atoms with van der Waals surface area (Å²) in [5, 5.41) is 2.06. The van der Waals surface area contributed by atoms with Gasteiger partial charge in [0.25, 0.3) is 0 Å². The van der Waals surface area contributed by atoms with Gasteiger partial charge in [0.05, 0.1) is 15.6 Å². The monoisotopic (exact) mass is 283 g/mol. The molecule has 0 saturated carbocycles. The number of benzene rings is 1. The first-order chi connectivity index (χ1) is 8.52. The summed E-state index contributed by atoms with van der Waals surface area (Å²) in [4.78, 5) is 6.60. The lowest BCUT2D eigenvalue weighted by atomic mass is 10.1. The van der Waals surface area contributed by atoms with Gasteiger partial charge in [-0.3, -0.25) is 4.98 Å². The number of pyridine rings is 1. The third-order valence-electron chi connectivity index (χ3n) is 2.76. The maximum absolute atomic E-state index is 6.07. The summed E-state index contributed by atoms with van der Waals surface area (Å²) >= 11 is 12.1. The van der Waals surface area contributed by atoms with E-state index in [1.165, 1.54) is 0 Å². The molecule has 0 amide bonds. The van der Waals surface area contributed by atoms with Crippen molar-refractivity contribution >= 4 is 39.8 Å². The third-order valence-corrected chi connectivity index (χ3v) is 3.49. The van der Waals surface area contributed by atoms with Crippen LogP contribution in [0.25, 0.3) is 10.9 Å². The fourth-order valence-electron chi connectivity index (χ4n) is 1.90. The molecule has 0 aliphatic heterocycles. The number of nitrogens with two attached hydrogens (primary N) is 1. The predicted octanol–water partition coefficient (Wildman–Crippen LogP) is 3.11. The zero-order chi connectivity index (χ0) is 13.3. The maximum atomic E-state index is 6.07. The van der Waals surface area contributed by atoms with Gasteiger partial charge >= 0.3 is 0 Å². The smallest absolute Gasteiger partial charge is 0.0742 e. The van der Waals surface area contributed by atoms with Crippen LogP contribution in [0.1, 0.15) is 5.69 Å². The van der Waals surface area contributed by atoms with Gasteiger partial charge < -0.3 is 10.6 Å². The molecule has 0 radical (unpaired) electrons. The van der Waals surface area contributed by atoms with Crippen LogP contribution in [0.3, 0.4) is 0 Å². The highest BCUT2D eigenvalue weighted by atomic mass is 35.5. The zero-order valence-corrected chi connectivity index (χ0v) is 11.9. The van der Waals surface area contributed by atoms with Crippen LogP contribution < -0.4 is 10.6 Å². The summed E-state index contributed by atoms with van der Waals surface area (Å²) in [5.41, 5.74) is 8.47. The average molecular weight is 284 g/mol. The summed E-state index contributed by atoms with van der Waals surface area (Å²) in [6, 6.07) is 5.69. The molecule has 1 aromatic carbocycles. The van der Waals surface area contributed by atoms with Crippen molar-refractivity contribution in [2.75, 3.05) is 25.5 Å². The molecule has 2 rings (SSSR count). The molecule has 0 saturated heterocycles. The van der Waals surface area contributed by atoms with Gasteiger partial charge in [0.1, 0.15) is 0 Å². The fourth-order valence-corrected chi connectivity index (χ4v) is 2.22. The largest absolute Gasteiger partial charge is 0.377 e. The molecule has 1 aromatic heterocycles. The third kappa shape index (κ3) is 2.53. The number of aromatic nitrogens is 1. The van der Waals surface area contributed by atoms with E-state index in [9.17, 15) is 0 Å². The van der Waals surface area contributed by atoms with Crippen LogP contribution in [0.4, 0.5) is 5.69 Å². The molecule has 0 bridgehead atoms. The number of rotatable bonds is 3. The minimum Gasteiger partial charge on any atom is -0.377 e. The number of halogens is 2. The van der Waals surface area contributed by atoms with Gasteiger partial charge in [0.15, 0.2) is 0 Å². The second kappa shape index (κ2) is 5.31. The van der Waals surface area contributed by atoms with Crippen molar-refractivity contribution in [1.29, 1.82) is 0 Å². The molecule has 2 aromatic rings. The molecule has 5 heteroatoms. The Bertz CT molecular complexity index is 582. The Morgan fingerprint density at radius 1 is 1.17 bits per heavy atom. The lowest BCUT2D eigenvalue weighted by Crippen LogP contribution is -2.12. The van der Waals surface area contributed by atoms with Gasteiger partial charge in [0.2, 0.25) is 0 Å². The van der Waals surface area contributed by atoms with Crippen LogP contribution in [0.5, 0.6) is 0 Å². The number of hydrogen-bond donors (Lipinski definition) is 1. The maximum Gasteiger partial charge on any atom is 0.0742 e. The van der Waals surface area contributed by atoms with Gasteiger partial charge in [-0.25, -0.2) is 0 Å². The van der Waals surface area contributed by atoms with Crippen molar-refractivity contribution in [3.05, 3.63) is 33.9 Å². The van der Waals surface area contributed by atoms with E-state index in [-0.39, 0.29) is 0 Å². The molecule has 0 aliphatic rings. The lowest BCUT2D eigenvalue weighted by Gasteiger charge is -2.17. The Morgan fingerprint density at radius 2 is 1.83 bits per heavy atom. The molecule has 1 heterocycles. The van der Waals surface area contributed by atoms with Crippen LogP contribution in [-0.2, 0) is 6.42 Å². The Morgan fingerprint density at radius 3 is 2.44 bits per heavy atom. The average Bonchev–Trinajstić information content (AvgIpc) is 2.30. The van der Waals surface area contributed by atoms with Crippen molar-refractivity contribution < 1.29 is 0 Å². The van der Waals surface area contributed by atoms with E-state index in [1.807, 2.05) is 31.1 Å². The molecule has 0 aliphatic carbocycles. The highest BCUT2D eigenvalue weighted by Crippen LogP contribution is 2.32. The summed E-state index contributed by atoms with van der Waals surface area (Å²) < 4.78 is 0.